The molecule has 0 spiro atoms. The smallest absolute Gasteiger partial charge is 0.407 e. The average Bonchev–Trinajstić information content (AvgIpc) is 2.14. The van der Waals surface area contributed by atoms with Crippen LogP contribution in [0.1, 0.15) is 27.2 Å². The van der Waals surface area contributed by atoms with Crippen LogP contribution in [-0.2, 0) is 9.53 Å². The van der Waals surface area contributed by atoms with E-state index in [0.717, 1.165) is 5.75 Å². The Labute approximate surface area is 105 Å². The maximum absolute atomic E-state index is 11.6. The average molecular weight is 261 g/mol. The monoisotopic (exact) mass is 261 g/mol. The largest absolute Gasteiger partial charge is 0.481 e. The molecule has 0 radical (unpaired) electrons. The van der Waals surface area contributed by atoms with Crippen molar-refractivity contribution in [2.24, 2.45) is 5.92 Å². The Kier molecular flexibility index (Phi) is 4.68. The molecule has 1 fully saturated rings. The van der Waals surface area contributed by atoms with Crippen molar-refractivity contribution in [2.75, 3.05) is 11.5 Å². The third kappa shape index (κ3) is 4.85. The quantitative estimate of drug-likeness (QED) is 0.791. The Bertz CT molecular complexity index is 300. The van der Waals surface area contributed by atoms with Crippen LogP contribution in [0.15, 0.2) is 0 Å². The number of carboxylic acids is 1. The fourth-order valence-electron chi connectivity index (χ4n) is 1.61. The first-order valence-electron chi connectivity index (χ1n) is 5.59. The maximum Gasteiger partial charge on any atom is 0.407 e. The zero-order chi connectivity index (χ0) is 13.1. The summed E-state index contributed by atoms with van der Waals surface area (Å²) < 4.78 is 5.12. The molecule has 0 aliphatic carbocycles. The van der Waals surface area contributed by atoms with Crippen molar-refractivity contribution in [3.8, 4) is 0 Å². The summed E-state index contributed by atoms with van der Waals surface area (Å²) in [6, 6.07) is -0.330. The number of hydrogen-bond donors (Lipinski definition) is 2. The number of hydrogen-bond acceptors (Lipinski definition) is 4. The van der Waals surface area contributed by atoms with E-state index >= 15 is 0 Å². The lowest BCUT2D eigenvalue weighted by Crippen LogP contribution is -2.48. The number of carboxylic acid groups (broad SMARTS) is 1. The van der Waals surface area contributed by atoms with E-state index in [4.69, 9.17) is 9.84 Å². The van der Waals surface area contributed by atoms with Crippen molar-refractivity contribution < 1.29 is 19.4 Å². The molecule has 1 aliphatic rings. The Morgan fingerprint density at radius 3 is 2.59 bits per heavy atom. The van der Waals surface area contributed by atoms with E-state index in [-0.39, 0.29) is 6.04 Å². The molecule has 1 heterocycles. The first kappa shape index (κ1) is 14.2. The normalized spacial score (nSPS) is 25.1. The van der Waals surface area contributed by atoms with Crippen molar-refractivity contribution in [3.05, 3.63) is 0 Å². The maximum atomic E-state index is 11.6. The molecule has 0 aromatic rings. The van der Waals surface area contributed by atoms with E-state index in [0.29, 0.717) is 12.2 Å². The van der Waals surface area contributed by atoms with Gasteiger partial charge in [-0.05, 0) is 32.9 Å². The first-order valence-corrected chi connectivity index (χ1v) is 6.75. The zero-order valence-corrected chi connectivity index (χ0v) is 11.2. The van der Waals surface area contributed by atoms with Crippen molar-refractivity contribution in [1.82, 2.24) is 5.32 Å². The van der Waals surface area contributed by atoms with Crippen LogP contribution in [0.25, 0.3) is 0 Å². The minimum atomic E-state index is -0.863. The van der Waals surface area contributed by atoms with Gasteiger partial charge in [-0.3, -0.25) is 4.79 Å². The van der Waals surface area contributed by atoms with Gasteiger partial charge in [0.15, 0.2) is 0 Å². The van der Waals surface area contributed by atoms with Crippen molar-refractivity contribution >= 4 is 23.8 Å². The number of ether oxygens (including phenoxy) is 1. The molecule has 2 atom stereocenters. The predicted molar refractivity (Wildman–Crippen MR) is 66.2 cm³/mol. The molecule has 0 aromatic heterocycles. The van der Waals surface area contributed by atoms with Crippen LogP contribution in [0, 0.1) is 5.92 Å². The third-order valence-corrected chi connectivity index (χ3v) is 3.49. The second-order valence-corrected chi connectivity index (χ2v) is 6.21. The van der Waals surface area contributed by atoms with Gasteiger partial charge in [-0.2, -0.15) is 11.8 Å². The summed E-state index contributed by atoms with van der Waals surface area (Å²) in [4.78, 5) is 22.6. The fourth-order valence-corrected chi connectivity index (χ4v) is 2.83. The molecule has 5 nitrogen and oxygen atoms in total. The second kappa shape index (κ2) is 5.62. The molecule has 2 N–H and O–H groups in total. The first-order chi connectivity index (χ1) is 7.79. The van der Waals surface area contributed by atoms with Gasteiger partial charge in [-0.1, -0.05) is 0 Å². The highest BCUT2D eigenvalue weighted by molar-refractivity contribution is 7.99. The van der Waals surface area contributed by atoms with Gasteiger partial charge in [-0.25, -0.2) is 4.79 Å². The van der Waals surface area contributed by atoms with Gasteiger partial charge in [0.1, 0.15) is 5.60 Å². The number of amides is 1. The zero-order valence-electron chi connectivity index (χ0n) is 10.4. The molecule has 0 aromatic carbocycles. The van der Waals surface area contributed by atoms with Crippen molar-refractivity contribution in [1.29, 1.82) is 0 Å². The van der Waals surface area contributed by atoms with Gasteiger partial charge >= 0.3 is 12.1 Å². The van der Waals surface area contributed by atoms with Crippen LogP contribution in [0.5, 0.6) is 0 Å². The molecule has 1 saturated heterocycles. The molecular weight excluding hydrogens is 242 g/mol. The van der Waals surface area contributed by atoms with Crippen LogP contribution in [0.3, 0.4) is 0 Å². The number of thioether (sulfide) groups is 1. The number of aliphatic carboxylic acids is 1. The summed E-state index contributed by atoms with van der Waals surface area (Å²) in [5.41, 5.74) is -0.563. The molecule has 0 bridgehead atoms. The molecule has 98 valence electrons. The van der Waals surface area contributed by atoms with Crippen molar-refractivity contribution in [2.45, 2.75) is 38.8 Å². The SMILES string of the molecule is CC(C)(C)OC(=O)N[C@H]1CCSC[C@H]1C(=O)O. The number of nitrogens with one attached hydrogen (secondary N) is 1. The highest BCUT2D eigenvalue weighted by Gasteiger charge is 2.33. The van der Waals surface area contributed by atoms with E-state index in [1.165, 1.54) is 0 Å². The number of carbonyl (C=O) groups is 2. The second-order valence-electron chi connectivity index (χ2n) is 5.06. The summed E-state index contributed by atoms with van der Waals surface area (Å²) in [5.74, 6) is 0.0135. The van der Waals surface area contributed by atoms with E-state index in [9.17, 15) is 9.59 Å². The molecule has 17 heavy (non-hydrogen) atoms. The lowest BCUT2D eigenvalue weighted by atomic mass is 9.99. The lowest BCUT2D eigenvalue weighted by molar-refractivity contribution is -0.141. The highest BCUT2D eigenvalue weighted by atomic mass is 32.2. The molecule has 1 aliphatic heterocycles. The molecule has 0 unspecified atom stereocenters. The van der Waals surface area contributed by atoms with Gasteiger partial charge in [0.2, 0.25) is 0 Å². The third-order valence-electron chi connectivity index (χ3n) is 2.38. The standard InChI is InChI=1S/C11H19NO4S/c1-11(2,3)16-10(15)12-8-4-5-17-6-7(8)9(13)14/h7-8H,4-6H2,1-3H3,(H,12,15)(H,13,14)/t7-,8+/m1/s1. The van der Waals surface area contributed by atoms with Crippen LogP contribution in [0.2, 0.25) is 0 Å². The Balaban J connectivity index is 2.53. The van der Waals surface area contributed by atoms with Crippen LogP contribution in [-0.4, -0.2) is 40.3 Å². The summed E-state index contributed by atoms with van der Waals surface area (Å²) in [5, 5.41) is 11.7. The van der Waals surface area contributed by atoms with Gasteiger partial charge in [-0.15, -0.1) is 0 Å². The Morgan fingerprint density at radius 2 is 2.06 bits per heavy atom. The van der Waals surface area contributed by atoms with E-state index < -0.39 is 23.6 Å². The van der Waals surface area contributed by atoms with Gasteiger partial charge in [0.25, 0.3) is 0 Å². The minimum Gasteiger partial charge on any atom is -0.481 e. The van der Waals surface area contributed by atoms with Crippen LogP contribution in [0.4, 0.5) is 4.79 Å². The van der Waals surface area contributed by atoms with Gasteiger partial charge < -0.3 is 15.2 Å². The lowest BCUT2D eigenvalue weighted by Gasteiger charge is -2.30. The number of alkyl carbamates (subject to hydrolysis) is 1. The van der Waals surface area contributed by atoms with Gasteiger partial charge in [0, 0.05) is 11.8 Å². The highest BCUT2D eigenvalue weighted by Crippen LogP contribution is 2.23. The van der Waals surface area contributed by atoms with Crippen molar-refractivity contribution in [3.63, 3.8) is 0 Å². The predicted octanol–water partition coefficient (Wildman–Crippen LogP) is 1.72. The molecule has 1 rings (SSSR count). The summed E-state index contributed by atoms with van der Waals surface area (Å²) in [6.07, 6.45) is 0.126. The topological polar surface area (TPSA) is 75.6 Å². The molecular formula is C11H19NO4S. The minimum absolute atomic E-state index is 0.330. The van der Waals surface area contributed by atoms with Crippen LogP contribution >= 0.6 is 11.8 Å². The molecule has 1 amide bonds. The summed E-state index contributed by atoms with van der Waals surface area (Å²) in [7, 11) is 0. The fraction of sp³-hybridized carbons (Fsp3) is 0.818. The number of carbonyl (C=O) groups excluding carboxylic acids is 1. The molecule has 0 saturated carbocycles. The number of rotatable bonds is 2. The van der Waals surface area contributed by atoms with E-state index in [1.807, 2.05) is 0 Å². The van der Waals surface area contributed by atoms with E-state index in [2.05, 4.69) is 5.32 Å². The van der Waals surface area contributed by atoms with E-state index in [1.54, 1.807) is 32.5 Å². The van der Waals surface area contributed by atoms with Gasteiger partial charge in [0.05, 0.1) is 5.92 Å². The van der Waals surface area contributed by atoms with Crippen LogP contribution < -0.4 is 5.32 Å². The Hall–Kier alpha value is -0.910. The Morgan fingerprint density at radius 1 is 1.41 bits per heavy atom. The molecule has 6 heteroatoms. The summed E-state index contributed by atoms with van der Waals surface area (Å²) >= 11 is 1.60. The summed E-state index contributed by atoms with van der Waals surface area (Å²) in [6.45, 7) is 5.33.